The Bertz CT molecular complexity index is 786. The van der Waals surface area contributed by atoms with Crippen molar-refractivity contribution in [1.82, 2.24) is 14.7 Å². The first-order valence-electron chi connectivity index (χ1n) is 8.67. The molecule has 1 amide bonds. The molecule has 132 valence electrons. The Hall–Kier alpha value is -2.47. The number of amides is 1. The molecule has 1 aromatic carbocycles. The fourth-order valence-corrected chi connectivity index (χ4v) is 3.29. The van der Waals surface area contributed by atoms with Crippen molar-refractivity contribution in [2.45, 2.75) is 44.9 Å². The second kappa shape index (κ2) is 7.61. The van der Waals surface area contributed by atoms with Gasteiger partial charge in [-0.1, -0.05) is 30.3 Å². The van der Waals surface area contributed by atoms with Gasteiger partial charge in [0.05, 0.1) is 18.7 Å². The lowest BCUT2D eigenvalue weighted by atomic mass is 9.97. The highest BCUT2D eigenvalue weighted by atomic mass is 16.3. The van der Waals surface area contributed by atoms with Gasteiger partial charge in [-0.25, -0.2) is 4.68 Å². The first-order chi connectivity index (χ1) is 12.1. The number of aliphatic hydroxyl groups is 1. The normalized spacial score (nSPS) is 18.8. The predicted molar refractivity (Wildman–Crippen MR) is 94.4 cm³/mol. The molecule has 3 rings (SSSR count). The van der Waals surface area contributed by atoms with E-state index in [1.165, 1.54) is 16.8 Å². The van der Waals surface area contributed by atoms with E-state index in [-0.39, 0.29) is 23.2 Å². The summed E-state index contributed by atoms with van der Waals surface area (Å²) in [4.78, 5) is 26.6. The number of aromatic nitrogens is 2. The van der Waals surface area contributed by atoms with Crippen LogP contribution in [0, 0.1) is 0 Å². The third-order valence-corrected chi connectivity index (χ3v) is 4.63. The number of hydrogen-bond donors (Lipinski definition) is 1. The largest absolute Gasteiger partial charge is 0.391 e. The van der Waals surface area contributed by atoms with Gasteiger partial charge >= 0.3 is 0 Å². The highest BCUT2D eigenvalue weighted by Gasteiger charge is 2.31. The Balaban J connectivity index is 1.85. The summed E-state index contributed by atoms with van der Waals surface area (Å²) < 4.78 is 1.31. The van der Waals surface area contributed by atoms with Gasteiger partial charge in [0.15, 0.2) is 0 Å². The summed E-state index contributed by atoms with van der Waals surface area (Å²) in [6.07, 6.45) is 2.12. The van der Waals surface area contributed by atoms with E-state index in [4.69, 9.17) is 0 Å². The Kier molecular flexibility index (Phi) is 5.28. The van der Waals surface area contributed by atoms with Gasteiger partial charge in [0.1, 0.15) is 5.69 Å². The van der Waals surface area contributed by atoms with Gasteiger partial charge < -0.3 is 10.0 Å². The molecule has 2 aromatic rings. The molecule has 1 fully saturated rings. The van der Waals surface area contributed by atoms with Crippen molar-refractivity contribution in [1.29, 1.82) is 0 Å². The van der Waals surface area contributed by atoms with Crippen molar-refractivity contribution in [3.05, 3.63) is 64.1 Å². The number of benzene rings is 1. The number of piperidine rings is 1. The number of rotatable bonds is 4. The second-order valence-corrected chi connectivity index (χ2v) is 6.50. The summed E-state index contributed by atoms with van der Waals surface area (Å²) in [5.74, 6) is -0.229. The van der Waals surface area contributed by atoms with Gasteiger partial charge in [-0.05, 0) is 37.8 Å². The molecule has 25 heavy (non-hydrogen) atoms. The molecule has 1 saturated heterocycles. The van der Waals surface area contributed by atoms with Crippen molar-refractivity contribution >= 4 is 5.91 Å². The number of aliphatic hydroxyl groups excluding tert-OH is 1. The second-order valence-electron chi connectivity index (χ2n) is 6.50. The molecular formula is C19H23N3O3. The van der Waals surface area contributed by atoms with E-state index in [1.54, 1.807) is 11.8 Å². The Morgan fingerprint density at radius 1 is 1.24 bits per heavy atom. The van der Waals surface area contributed by atoms with Gasteiger partial charge in [0, 0.05) is 12.6 Å². The standard InChI is InChI=1S/C19H23N3O3/c1-14(23)17-9-5-6-12-21(17)19(25)16-10-11-18(24)22(20-16)13-15-7-3-2-4-8-15/h2-4,7-8,10-11,14,17,23H,5-6,9,12-13H2,1H3. The fraction of sp³-hybridized carbons (Fsp3) is 0.421. The number of carbonyl (C=O) groups excluding carboxylic acids is 1. The number of carbonyl (C=O) groups is 1. The zero-order chi connectivity index (χ0) is 17.8. The monoisotopic (exact) mass is 341 g/mol. The van der Waals surface area contributed by atoms with Crippen LogP contribution in [-0.2, 0) is 6.54 Å². The summed E-state index contributed by atoms with van der Waals surface area (Å²) in [6, 6.07) is 12.2. The van der Waals surface area contributed by atoms with Crippen LogP contribution >= 0.6 is 0 Å². The fourth-order valence-electron chi connectivity index (χ4n) is 3.29. The summed E-state index contributed by atoms with van der Waals surface area (Å²) in [6.45, 7) is 2.63. The summed E-state index contributed by atoms with van der Waals surface area (Å²) in [5, 5.41) is 14.2. The zero-order valence-electron chi connectivity index (χ0n) is 14.3. The average Bonchev–Trinajstić information content (AvgIpc) is 2.64. The summed E-state index contributed by atoms with van der Waals surface area (Å²) in [5.41, 5.74) is 0.940. The molecule has 1 aromatic heterocycles. The molecule has 1 aliphatic rings. The SMILES string of the molecule is CC(O)C1CCCCN1C(=O)c1ccc(=O)n(Cc2ccccc2)n1. The number of hydrogen-bond acceptors (Lipinski definition) is 4. The molecule has 6 heteroatoms. The van der Waals surface area contributed by atoms with Gasteiger partial charge in [-0.3, -0.25) is 9.59 Å². The third kappa shape index (κ3) is 3.96. The van der Waals surface area contributed by atoms with Crippen LogP contribution in [0.5, 0.6) is 0 Å². The Labute approximate surface area is 146 Å². The Morgan fingerprint density at radius 2 is 2.00 bits per heavy atom. The van der Waals surface area contributed by atoms with E-state index in [2.05, 4.69) is 5.10 Å². The van der Waals surface area contributed by atoms with Crippen LogP contribution in [0.3, 0.4) is 0 Å². The lowest BCUT2D eigenvalue weighted by Crippen LogP contribution is -2.49. The quantitative estimate of drug-likeness (QED) is 0.918. The summed E-state index contributed by atoms with van der Waals surface area (Å²) in [7, 11) is 0. The van der Waals surface area contributed by atoms with E-state index in [0.29, 0.717) is 13.1 Å². The molecule has 0 radical (unpaired) electrons. The maximum absolute atomic E-state index is 12.9. The highest BCUT2D eigenvalue weighted by molar-refractivity contribution is 5.92. The average molecular weight is 341 g/mol. The Morgan fingerprint density at radius 3 is 2.72 bits per heavy atom. The summed E-state index contributed by atoms with van der Waals surface area (Å²) >= 11 is 0. The molecule has 2 heterocycles. The van der Waals surface area contributed by atoms with Crippen molar-refractivity contribution in [2.75, 3.05) is 6.54 Å². The first-order valence-corrected chi connectivity index (χ1v) is 8.67. The number of likely N-dealkylation sites (tertiary alicyclic amines) is 1. The topological polar surface area (TPSA) is 75.4 Å². The molecule has 0 saturated carbocycles. The number of nitrogens with zero attached hydrogens (tertiary/aromatic N) is 3. The third-order valence-electron chi connectivity index (χ3n) is 4.63. The van der Waals surface area contributed by atoms with Crippen LogP contribution in [0.15, 0.2) is 47.3 Å². The van der Waals surface area contributed by atoms with Crippen molar-refractivity contribution < 1.29 is 9.90 Å². The highest BCUT2D eigenvalue weighted by Crippen LogP contribution is 2.21. The van der Waals surface area contributed by atoms with Gasteiger partial charge in [0.25, 0.3) is 11.5 Å². The smallest absolute Gasteiger partial charge is 0.274 e. The minimum atomic E-state index is -0.584. The maximum Gasteiger partial charge on any atom is 0.274 e. The predicted octanol–water partition coefficient (Wildman–Crippen LogP) is 1.67. The molecule has 0 aliphatic carbocycles. The van der Waals surface area contributed by atoms with E-state index in [0.717, 1.165) is 24.8 Å². The van der Waals surface area contributed by atoms with Crippen LogP contribution in [-0.4, -0.2) is 44.4 Å². The lowest BCUT2D eigenvalue weighted by molar-refractivity contribution is 0.0274. The van der Waals surface area contributed by atoms with Crippen LogP contribution in [0.1, 0.15) is 42.2 Å². The van der Waals surface area contributed by atoms with Gasteiger partial charge in [-0.15, -0.1) is 0 Å². The van der Waals surface area contributed by atoms with Gasteiger partial charge in [-0.2, -0.15) is 5.10 Å². The van der Waals surface area contributed by atoms with Crippen molar-refractivity contribution in [3.8, 4) is 0 Å². The first kappa shape index (κ1) is 17.4. The molecule has 0 bridgehead atoms. The van der Waals surface area contributed by atoms with E-state index in [9.17, 15) is 14.7 Å². The molecular weight excluding hydrogens is 318 g/mol. The molecule has 2 unspecified atom stereocenters. The van der Waals surface area contributed by atoms with Crippen LogP contribution in [0.4, 0.5) is 0 Å². The van der Waals surface area contributed by atoms with Crippen LogP contribution < -0.4 is 5.56 Å². The van der Waals surface area contributed by atoms with E-state index in [1.807, 2.05) is 30.3 Å². The maximum atomic E-state index is 12.9. The van der Waals surface area contributed by atoms with Gasteiger partial charge in [0.2, 0.25) is 0 Å². The zero-order valence-corrected chi connectivity index (χ0v) is 14.3. The molecule has 6 nitrogen and oxygen atoms in total. The van der Waals surface area contributed by atoms with E-state index < -0.39 is 6.10 Å². The molecule has 0 spiro atoms. The molecule has 2 atom stereocenters. The molecule has 1 aliphatic heterocycles. The van der Waals surface area contributed by atoms with Crippen molar-refractivity contribution in [2.24, 2.45) is 0 Å². The minimum absolute atomic E-state index is 0.197. The molecule has 1 N–H and O–H groups in total. The van der Waals surface area contributed by atoms with Crippen molar-refractivity contribution in [3.63, 3.8) is 0 Å². The van der Waals surface area contributed by atoms with Crippen LogP contribution in [0.2, 0.25) is 0 Å². The van der Waals surface area contributed by atoms with Crippen LogP contribution in [0.25, 0.3) is 0 Å². The van der Waals surface area contributed by atoms with E-state index >= 15 is 0 Å². The lowest BCUT2D eigenvalue weighted by Gasteiger charge is -2.37. The minimum Gasteiger partial charge on any atom is -0.391 e.